The Hall–Kier alpha value is -8.64. The van der Waals surface area contributed by atoms with Crippen LogP contribution in [-0.2, 0) is 118 Å². The molecule has 0 saturated carbocycles. The van der Waals surface area contributed by atoms with Gasteiger partial charge in [0.15, 0.2) is 0 Å². The summed E-state index contributed by atoms with van der Waals surface area (Å²) in [7, 11) is 5.04. The average Bonchev–Trinajstić information content (AvgIpc) is 0.906. The van der Waals surface area contributed by atoms with Crippen LogP contribution in [0.1, 0.15) is 194 Å². The Morgan fingerprint density at radius 3 is 0.915 bits per heavy atom. The number of nitrogens with zero attached hydrogens (tertiary/aromatic N) is 2. The van der Waals surface area contributed by atoms with E-state index in [1.807, 2.05) is 60.7 Å². The molecule has 0 spiro atoms. The van der Waals surface area contributed by atoms with Gasteiger partial charge in [-0.25, -0.2) is 9.59 Å². The van der Waals surface area contributed by atoms with E-state index in [1.54, 1.807) is 41.5 Å². The van der Waals surface area contributed by atoms with Crippen LogP contribution < -0.4 is 43.4 Å². The van der Waals surface area contributed by atoms with Gasteiger partial charge in [0.1, 0.15) is 36.5 Å². The van der Waals surface area contributed by atoms with Gasteiger partial charge < -0.3 is 110 Å². The summed E-state index contributed by atoms with van der Waals surface area (Å²) in [6, 6.07) is 16.9. The van der Waals surface area contributed by atoms with Crippen LogP contribution in [-0.4, -0.2) is 265 Å². The number of hydrogen-bond donors (Lipinski definition) is 8. The third-order valence-corrected chi connectivity index (χ3v) is 17.8. The van der Waals surface area contributed by atoms with E-state index >= 15 is 0 Å². The number of benzene rings is 2. The Bertz CT molecular complexity index is 2940. The van der Waals surface area contributed by atoms with Gasteiger partial charge in [-0.05, 0) is 156 Å². The third-order valence-electron chi connectivity index (χ3n) is 17.8. The van der Waals surface area contributed by atoms with Crippen molar-refractivity contribution in [2.24, 2.45) is 23.3 Å². The van der Waals surface area contributed by atoms with Crippen molar-refractivity contribution in [3.63, 3.8) is 0 Å². The summed E-state index contributed by atoms with van der Waals surface area (Å²) in [5.41, 5.74) is 11.9. The molecular formula is C84H142N10O24. The summed E-state index contributed by atoms with van der Waals surface area (Å²) in [6.45, 7) is 22.0. The highest BCUT2D eigenvalue weighted by atomic mass is 16.6. The van der Waals surface area contributed by atoms with Gasteiger partial charge in [0.25, 0.3) is 0 Å². The van der Waals surface area contributed by atoms with Crippen molar-refractivity contribution in [3.8, 4) is 0 Å². The second-order valence-electron chi connectivity index (χ2n) is 30.2. The van der Waals surface area contributed by atoms with Gasteiger partial charge >= 0.3 is 48.0 Å². The second kappa shape index (κ2) is 68.2. The normalized spacial score (nSPS) is 12.3. The maximum absolute atomic E-state index is 12.6. The SMILES string of the molecule is COC(=O)[C@H](CCC(=O)NCCCCCN(CCCCCNC(=O)CC[C@@H](CC(=O)OCc1ccccc1)C(=O)OC)CCOCCOCCNC(=O)OC(C)(C)C)CC(=O)OCc1ccccc1.COC(=O)[C@H](N)CCC(=O)NCCCCCN(CCCCCNC(=O)CC[C@H](N)C(=O)OC)CCOCCOCCNC(=O)OC(C)(C)C. The van der Waals surface area contributed by atoms with E-state index in [1.165, 1.54) is 28.4 Å². The molecule has 10 N–H and O–H groups in total. The summed E-state index contributed by atoms with van der Waals surface area (Å²) in [5.74, 6) is -5.50. The second-order valence-corrected chi connectivity index (χ2v) is 30.2. The number of methoxy groups -OCH3 is 4. The van der Waals surface area contributed by atoms with Crippen molar-refractivity contribution in [1.82, 2.24) is 41.7 Å². The molecule has 0 radical (unpaired) electrons. The molecule has 34 nitrogen and oxygen atoms in total. The number of amides is 6. The fraction of sp³-hybridized carbons (Fsp3) is 0.714. The number of rotatable bonds is 66. The van der Waals surface area contributed by atoms with Crippen LogP contribution in [0, 0.1) is 11.8 Å². The van der Waals surface area contributed by atoms with Gasteiger partial charge in [0, 0.05) is 78.0 Å². The zero-order chi connectivity index (χ0) is 87.5. The van der Waals surface area contributed by atoms with Crippen LogP contribution in [0.3, 0.4) is 0 Å². The first kappa shape index (κ1) is 107. The third kappa shape index (κ3) is 62.5. The minimum absolute atomic E-state index is 0.0704. The predicted octanol–water partition coefficient (Wildman–Crippen LogP) is 6.81. The van der Waals surface area contributed by atoms with Crippen molar-refractivity contribution >= 4 is 71.6 Å². The predicted molar refractivity (Wildman–Crippen MR) is 442 cm³/mol. The molecule has 0 unspecified atom stereocenters. The highest BCUT2D eigenvalue weighted by Crippen LogP contribution is 2.18. The van der Waals surface area contributed by atoms with E-state index in [4.69, 9.17) is 58.8 Å². The molecule has 2 rings (SSSR count). The zero-order valence-corrected chi connectivity index (χ0v) is 72.0. The molecule has 0 aliphatic heterocycles. The minimum Gasteiger partial charge on any atom is -0.469 e. The molecule has 0 aliphatic rings. The smallest absolute Gasteiger partial charge is 0.407 e. The number of carbonyl (C=O) groups excluding carboxylic acids is 12. The molecular weight excluding hydrogens is 1530 g/mol. The lowest BCUT2D eigenvalue weighted by atomic mass is 9.99. The van der Waals surface area contributed by atoms with Crippen molar-refractivity contribution in [1.29, 1.82) is 0 Å². The van der Waals surface area contributed by atoms with Crippen LogP contribution in [0.25, 0.3) is 0 Å². The van der Waals surface area contributed by atoms with Gasteiger partial charge in [-0.15, -0.1) is 0 Å². The highest BCUT2D eigenvalue weighted by molar-refractivity contribution is 5.83. The van der Waals surface area contributed by atoms with Crippen LogP contribution >= 0.6 is 0 Å². The fourth-order valence-electron chi connectivity index (χ4n) is 11.3. The average molecular weight is 1680 g/mol. The number of hydrogen-bond acceptors (Lipinski definition) is 28. The molecule has 0 heterocycles. The standard InChI is InChI=1S/C51H78N4O14.C33H64N6O10/c1-51(2,3)69-50(62)54-28-32-65-34-35-66-33-31-55(29-16-8-14-26-52-44(56)24-22-42(48(60)63-4)36-46(58)67-38-40-18-10-6-11-19-40)30-17-9-15-27-53-45(57)25-23-43(49(61)64-5)37-47(59)68-39-41-20-12-7-13-21-41;1-33(2,3)49-32(44)38-18-22-47-24-25-48-23-21-39(19-10-6-8-16-36-28(40)14-12-26(34)30(42)45-4)20-11-7-9-17-37-29(41)15-13-27(35)31(43)46-5/h6-7,10-13,18-21,42-43H,8-9,14-17,22-39H2,1-5H3,(H,52,56)(H,53,57)(H,54,62);26-27H,6-25,34-35H2,1-5H3,(H,36,40)(H,37,41)(H,38,44)/t42-,43+;26-,27+. The molecule has 2 aromatic carbocycles. The number of ether oxygens (including phenoxy) is 12. The summed E-state index contributed by atoms with van der Waals surface area (Å²) < 4.78 is 62.7. The van der Waals surface area contributed by atoms with Crippen molar-refractivity contribution in [2.45, 2.75) is 219 Å². The molecule has 2 aromatic rings. The Morgan fingerprint density at radius 2 is 0.627 bits per heavy atom. The first-order chi connectivity index (χ1) is 56.5. The van der Waals surface area contributed by atoms with E-state index < -0.39 is 83.1 Å². The van der Waals surface area contributed by atoms with E-state index in [0.29, 0.717) is 98.7 Å². The number of alkyl carbamates (subject to hydrolysis) is 2. The van der Waals surface area contributed by atoms with Crippen LogP contribution in [0.5, 0.6) is 0 Å². The summed E-state index contributed by atoms with van der Waals surface area (Å²) in [4.78, 5) is 150. The van der Waals surface area contributed by atoms with Crippen molar-refractivity contribution < 1.29 is 114 Å². The maximum Gasteiger partial charge on any atom is 0.407 e. The van der Waals surface area contributed by atoms with Crippen molar-refractivity contribution in [2.75, 3.05) is 160 Å². The first-order valence-electron chi connectivity index (χ1n) is 41.4. The monoisotopic (exact) mass is 1680 g/mol. The lowest BCUT2D eigenvalue weighted by Crippen LogP contribution is -2.34. The van der Waals surface area contributed by atoms with Crippen LogP contribution in [0.4, 0.5) is 9.59 Å². The maximum atomic E-state index is 12.6. The number of nitrogens with two attached hydrogens (primary N) is 2. The van der Waals surface area contributed by atoms with Gasteiger partial charge in [-0.3, -0.25) is 47.9 Å². The molecule has 34 heteroatoms. The zero-order valence-electron chi connectivity index (χ0n) is 72.0. The molecule has 0 bridgehead atoms. The Morgan fingerprint density at radius 1 is 0.339 bits per heavy atom. The van der Waals surface area contributed by atoms with Gasteiger partial charge in [0.2, 0.25) is 23.6 Å². The van der Waals surface area contributed by atoms with E-state index in [2.05, 4.69) is 51.2 Å². The van der Waals surface area contributed by atoms with E-state index in [0.717, 1.165) is 121 Å². The van der Waals surface area contributed by atoms with Crippen molar-refractivity contribution in [3.05, 3.63) is 71.8 Å². The molecule has 0 fully saturated rings. The Labute approximate surface area is 699 Å². The molecule has 0 aliphatic carbocycles. The number of nitrogens with one attached hydrogen (secondary N) is 6. The summed E-state index contributed by atoms with van der Waals surface area (Å²) in [5, 5.41) is 16.9. The fourth-order valence-corrected chi connectivity index (χ4v) is 11.3. The van der Waals surface area contributed by atoms with E-state index in [9.17, 15) is 57.5 Å². The van der Waals surface area contributed by atoms with Gasteiger partial charge in [-0.1, -0.05) is 86.3 Å². The number of esters is 6. The summed E-state index contributed by atoms with van der Waals surface area (Å²) >= 11 is 0. The lowest BCUT2D eigenvalue weighted by Gasteiger charge is -2.22. The molecule has 0 aromatic heterocycles. The molecule has 672 valence electrons. The molecule has 6 amide bonds. The van der Waals surface area contributed by atoms with E-state index in [-0.39, 0.29) is 101 Å². The van der Waals surface area contributed by atoms with Gasteiger partial charge in [0.05, 0.1) is 106 Å². The lowest BCUT2D eigenvalue weighted by molar-refractivity contribution is -0.154. The summed E-state index contributed by atoms with van der Waals surface area (Å²) in [6.07, 6.45) is 10.5. The Balaban J connectivity index is 0.00000125. The molecule has 4 atom stereocenters. The minimum atomic E-state index is -0.797. The van der Waals surface area contributed by atoms with Gasteiger partial charge in [-0.2, -0.15) is 0 Å². The van der Waals surface area contributed by atoms with Crippen LogP contribution in [0.2, 0.25) is 0 Å². The van der Waals surface area contributed by atoms with Crippen LogP contribution in [0.15, 0.2) is 60.7 Å². The topological polar surface area (TPSA) is 446 Å². The quantitative estimate of drug-likeness (QED) is 0.0191. The largest absolute Gasteiger partial charge is 0.469 e. The molecule has 0 saturated heterocycles. The number of carbonyl (C=O) groups is 12. The Kier molecular flexibility index (Phi) is 62.0. The highest BCUT2D eigenvalue weighted by Gasteiger charge is 2.27. The first-order valence-corrected chi connectivity index (χ1v) is 41.4. The molecule has 118 heavy (non-hydrogen) atoms. The number of unbranched alkanes of at least 4 members (excludes halogenated alkanes) is 8.